The van der Waals surface area contributed by atoms with Crippen LogP contribution in [0.3, 0.4) is 0 Å². The molecule has 2 N–H and O–H groups in total. The smallest absolute Gasteiger partial charge is 0.191 e. The number of morpholine rings is 1. The Morgan fingerprint density at radius 1 is 1.17 bits per heavy atom. The monoisotopic (exact) mass is 405 g/mol. The van der Waals surface area contributed by atoms with E-state index in [2.05, 4.69) is 32.7 Å². The van der Waals surface area contributed by atoms with Crippen molar-refractivity contribution < 1.29 is 4.74 Å². The van der Waals surface area contributed by atoms with E-state index in [-0.39, 0.29) is 0 Å². The first-order valence-electron chi connectivity index (χ1n) is 11.4. The minimum atomic E-state index is 0.513. The van der Waals surface area contributed by atoms with Crippen molar-refractivity contribution in [3.8, 4) is 0 Å². The van der Waals surface area contributed by atoms with E-state index in [0.29, 0.717) is 12.6 Å². The lowest BCUT2D eigenvalue weighted by Crippen LogP contribution is -2.48. The summed E-state index contributed by atoms with van der Waals surface area (Å²) in [5.41, 5.74) is 0. The molecule has 3 rings (SSSR count). The molecule has 2 fully saturated rings. The van der Waals surface area contributed by atoms with Crippen LogP contribution in [0.4, 0.5) is 0 Å². The largest absolute Gasteiger partial charge is 0.379 e. The Hall–Kier alpha value is -1.67. The van der Waals surface area contributed by atoms with E-state index in [0.717, 1.165) is 62.9 Å². The number of guanidine groups is 1. The fourth-order valence-corrected chi connectivity index (χ4v) is 4.25. The van der Waals surface area contributed by atoms with Gasteiger partial charge in [-0.25, -0.2) is 4.99 Å². The zero-order chi connectivity index (χ0) is 20.5. The molecule has 0 amide bonds. The van der Waals surface area contributed by atoms with Crippen LogP contribution in [0, 0.1) is 12.8 Å². The van der Waals surface area contributed by atoms with Crippen molar-refractivity contribution in [1.82, 2.24) is 30.3 Å². The van der Waals surface area contributed by atoms with Crippen molar-refractivity contribution in [2.24, 2.45) is 18.0 Å². The van der Waals surface area contributed by atoms with Gasteiger partial charge in [0.2, 0.25) is 0 Å². The standard InChI is InChI=1S/C21H39N7O/c1-4-5-18-6-8-19(9-7-18)24-21(22-10-11-28-12-14-29-15-13-28)23-16-20-26-25-17(2)27(20)3/h18-19H,4-16H2,1-3H3,(H2,22,23,24). The number of nitrogens with zero attached hydrogens (tertiary/aromatic N) is 5. The summed E-state index contributed by atoms with van der Waals surface area (Å²) in [4.78, 5) is 7.27. The molecule has 8 heteroatoms. The first-order valence-corrected chi connectivity index (χ1v) is 11.4. The molecule has 164 valence electrons. The quantitative estimate of drug-likeness (QED) is 0.508. The zero-order valence-electron chi connectivity index (χ0n) is 18.5. The van der Waals surface area contributed by atoms with E-state index in [9.17, 15) is 0 Å². The molecule has 1 aromatic heterocycles. The van der Waals surface area contributed by atoms with Crippen LogP contribution in [0.1, 0.15) is 57.1 Å². The number of aryl methyl sites for hydroxylation is 1. The second kappa shape index (κ2) is 11.5. The van der Waals surface area contributed by atoms with Gasteiger partial charge in [-0.1, -0.05) is 19.8 Å². The van der Waals surface area contributed by atoms with Gasteiger partial charge in [-0.15, -0.1) is 10.2 Å². The summed E-state index contributed by atoms with van der Waals surface area (Å²) in [6.07, 6.45) is 7.80. The average Bonchev–Trinajstić information content (AvgIpc) is 3.06. The molecular formula is C21H39N7O. The lowest BCUT2D eigenvalue weighted by Gasteiger charge is -2.30. The molecule has 1 saturated heterocycles. The topological polar surface area (TPSA) is 79.6 Å². The molecule has 0 spiro atoms. The van der Waals surface area contributed by atoms with Crippen LogP contribution < -0.4 is 10.6 Å². The zero-order valence-corrected chi connectivity index (χ0v) is 18.5. The highest BCUT2D eigenvalue weighted by Gasteiger charge is 2.21. The van der Waals surface area contributed by atoms with Crippen molar-refractivity contribution in [3.63, 3.8) is 0 Å². The molecule has 29 heavy (non-hydrogen) atoms. The molecular weight excluding hydrogens is 366 g/mol. The molecule has 1 aliphatic carbocycles. The van der Waals surface area contributed by atoms with Crippen LogP contribution in [0.15, 0.2) is 4.99 Å². The highest BCUT2D eigenvalue weighted by atomic mass is 16.5. The van der Waals surface area contributed by atoms with Crippen molar-refractivity contribution >= 4 is 5.96 Å². The number of rotatable bonds is 8. The Kier molecular flexibility index (Phi) is 8.73. The Labute approximate surface area is 175 Å². The average molecular weight is 406 g/mol. The van der Waals surface area contributed by atoms with E-state index < -0.39 is 0 Å². The van der Waals surface area contributed by atoms with Gasteiger partial charge in [0.05, 0.1) is 13.2 Å². The van der Waals surface area contributed by atoms with Gasteiger partial charge in [0, 0.05) is 39.3 Å². The third-order valence-electron chi connectivity index (χ3n) is 6.27. The lowest BCUT2D eigenvalue weighted by molar-refractivity contribution is 0.0389. The molecule has 0 unspecified atom stereocenters. The maximum absolute atomic E-state index is 5.44. The van der Waals surface area contributed by atoms with Crippen LogP contribution >= 0.6 is 0 Å². The van der Waals surface area contributed by atoms with Gasteiger partial charge in [0.25, 0.3) is 0 Å². The molecule has 2 heterocycles. The summed E-state index contributed by atoms with van der Waals surface area (Å²) in [6.45, 7) is 10.4. The highest BCUT2D eigenvalue weighted by Crippen LogP contribution is 2.27. The summed E-state index contributed by atoms with van der Waals surface area (Å²) in [7, 11) is 1.99. The molecule has 8 nitrogen and oxygen atoms in total. The van der Waals surface area contributed by atoms with Gasteiger partial charge in [0.1, 0.15) is 12.4 Å². The van der Waals surface area contributed by atoms with Crippen LogP contribution in [0.25, 0.3) is 0 Å². The van der Waals surface area contributed by atoms with Crippen LogP contribution in [0.5, 0.6) is 0 Å². The summed E-state index contributed by atoms with van der Waals surface area (Å²) < 4.78 is 7.45. The molecule has 1 aliphatic heterocycles. The second-order valence-electron chi connectivity index (χ2n) is 8.42. The first kappa shape index (κ1) is 22.0. The van der Waals surface area contributed by atoms with E-state index in [1.165, 1.54) is 38.5 Å². The SMILES string of the molecule is CCCC1CCC(NC(=NCc2nnc(C)n2C)NCCN2CCOCC2)CC1. The minimum Gasteiger partial charge on any atom is -0.379 e. The Morgan fingerprint density at radius 2 is 1.93 bits per heavy atom. The van der Waals surface area contributed by atoms with Gasteiger partial charge in [-0.05, 0) is 38.5 Å². The van der Waals surface area contributed by atoms with Crippen molar-refractivity contribution in [1.29, 1.82) is 0 Å². The summed E-state index contributed by atoms with van der Waals surface area (Å²) in [5.74, 6) is 3.62. The normalized spacial score (nSPS) is 23.9. The fourth-order valence-electron chi connectivity index (χ4n) is 4.25. The first-order chi connectivity index (χ1) is 14.2. The summed E-state index contributed by atoms with van der Waals surface area (Å²) in [6, 6.07) is 0.513. The highest BCUT2D eigenvalue weighted by molar-refractivity contribution is 5.80. The van der Waals surface area contributed by atoms with Crippen molar-refractivity contribution in [2.45, 2.75) is 65.0 Å². The van der Waals surface area contributed by atoms with E-state index in [1.807, 2.05) is 18.5 Å². The van der Waals surface area contributed by atoms with E-state index >= 15 is 0 Å². The predicted molar refractivity (Wildman–Crippen MR) is 116 cm³/mol. The Morgan fingerprint density at radius 3 is 2.59 bits per heavy atom. The number of hydrogen-bond acceptors (Lipinski definition) is 5. The molecule has 0 atom stereocenters. The maximum Gasteiger partial charge on any atom is 0.191 e. The summed E-state index contributed by atoms with van der Waals surface area (Å²) >= 11 is 0. The molecule has 0 bridgehead atoms. The fraction of sp³-hybridized carbons (Fsp3) is 0.857. The minimum absolute atomic E-state index is 0.513. The van der Waals surface area contributed by atoms with E-state index in [4.69, 9.17) is 9.73 Å². The van der Waals surface area contributed by atoms with Crippen LogP contribution in [0.2, 0.25) is 0 Å². The Bertz CT molecular complexity index is 631. The predicted octanol–water partition coefficient (Wildman–Crippen LogP) is 1.85. The Balaban J connectivity index is 1.53. The maximum atomic E-state index is 5.44. The molecule has 1 aromatic rings. The van der Waals surface area contributed by atoms with Crippen molar-refractivity contribution in [2.75, 3.05) is 39.4 Å². The molecule has 1 saturated carbocycles. The number of hydrogen-bond donors (Lipinski definition) is 2. The second-order valence-corrected chi connectivity index (χ2v) is 8.42. The number of nitrogens with one attached hydrogen (secondary N) is 2. The van der Waals surface area contributed by atoms with Crippen LogP contribution in [-0.4, -0.2) is 71.1 Å². The number of ether oxygens (including phenoxy) is 1. The third-order valence-corrected chi connectivity index (χ3v) is 6.27. The van der Waals surface area contributed by atoms with Gasteiger partial charge in [-0.2, -0.15) is 0 Å². The number of aliphatic imine (C=N–C) groups is 1. The van der Waals surface area contributed by atoms with Gasteiger partial charge in [-0.3, -0.25) is 4.90 Å². The molecule has 0 aromatic carbocycles. The van der Waals surface area contributed by atoms with Gasteiger partial charge in [0.15, 0.2) is 11.8 Å². The molecule has 2 aliphatic rings. The van der Waals surface area contributed by atoms with Gasteiger partial charge >= 0.3 is 0 Å². The summed E-state index contributed by atoms with van der Waals surface area (Å²) in [5, 5.41) is 15.6. The third kappa shape index (κ3) is 6.96. The van der Waals surface area contributed by atoms with Crippen molar-refractivity contribution in [3.05, 3.63) is 11.6 Å². The van der Waals surface area contributed by atoms with Gasteiger partial charge < -0.3 is 19.9 Å². The van der Waals surface area contributed by atoms with E-state index in [1.54, 1.807) is 0 Å². The molecule has 0 radical (unpaired) electrons. The lowest BCUT2D eigenvalue weighted by atomic mass is 9.83. The number of aromatic nitrogens is 3. The van der Waals surface area contributed by atoms with Crippen LogP contribution in [-0.2, 0) is 18.3 Å².